The third-order valence-electron chi connectivity index (χ3n) is 4.73. The minimum atomic E-state index is -0.954. The molecule has 0 aliphatic carbocycles. The average Bonchev–Trinajstić information content (AvgIpc) is 2.79. The van der Waals surface area contributed by atoms with Gasteiger partial charge in [-0.2, -0.15) is 0 Å². The Hall–Kier alpha value is -2.97. The number of ether oxygens (including phenoxy) is 3. The van der Waals surface area contributed by atoms with Crippen molar-refractivity contribution in [3.63, 3.8) is 0 Å². The van der Waals surface area contributed by atoms with Crippen LogP contribution in [0.5, 0.6) is 11.5 Å². The lowest BCUT2D eigenvalue weighted by Crippen LogP contribution is -2.37. The third-order valence-corrected chi connectivity index (χ3v) is 4.73. The zero-order valence-corrected chi connectivity index (χ0v) is 18.5. The van der Waals surface area contributed by atoms with Crippen molar-refractivity contribution in [2.45, 2.75) is 26.0 Å². The van der Waals surface area contributed by atoms with Crippen LogP contribution in [0.3, 0.4) is 0 Å². The zero-order chi connectivity index (χ0) is 23.5. The van der Waals surface area contributed by atoms with Gasteiger partial charge in [0.2, 0.25) is 0 Å². The number of halogens is 2. The van der Waals surface area contributed by atoms with E-state index in [9.17, 15) is 18.7 Å². The van der Waals surface area contributed by atoms with Crippen LogP contribution in [0, 0.1) is 11.6 Å². The van der Waals surface area contributed by atoms with Gasteiger partial charge in [0.15, 0.2) is 23.1 Å². The van der Waals surface area contributed by atoms with Gasteiger partial charge in [0.25, 0.3) is 0 Å². The summed E-state index contributed by atoms with van der Waals surface area (Å²) in [6, 6.07) is 9.34. The van der Waals surface area contributed by atoms with Crippen molar-refractivity contribution in [2.75, 3.05) is 33.9 Å². The molecule has 0 bridgehead atoms. The van der Waals surface area contributed by atoms with Gasteiger partial charge in [-0.05, 0) is 30.7 Å². The number of benzene rings is 2. The van der Waals surface area contributed by atoms with Gasteiger partial charge >= 0.3 is 5.97 Å². The molecule has 0 fully saturated rings. The molecule has 0 spiro atoms. The number of rotatable bonds is 12. The maximum absolute atomic E-state index is 14.1. The number of nitrogens with zero attached hydrogens (tertiary/aromatic N) is 1. The molecule has 0 saturated heterocycles. The van der Waals surface area contributed by atoms with Crippen LogP contribution < -0.4 is 9.47 Å². The number of aliphatic hydroxyl groups excluding tert-OH is 1. The predicted octanol–water partition coefficient (Wildman–Crippen LogP) is 3.81. The number of aliphatic hydroxyl groups is 1. The van der Waals surface area contributed by atoms with Crippen LogP contribution in [-0.4, -0.2) is 56.0 Å². The number of hydrogen-bond donors (Lipinski definition) is 1. The molecule has 1 N–H and O–H groups in total. The Morgan fingerprint density at radius 2 is 1.97 bits per heavy atom. The van der Waals surface area contributed by atoms with Crippen LogP contribution >= 0.6 is 0 Å². The lowest BCUT2D eigenvalue weighted by atomic mass is 10.1. The Morgan fingerprint density at radius 3 is 2.66 bits per heavy atom. The molecule has 1 unspecified atom stereocenters. The number of methoxy groups -OCH3 is 2. The van der Waals surface area contributed by atoms with Crippen LogP contribution in [-0.2, 0) is 16.1 Å². The van der Waals surface area contributed by atoms with Gasteiger partial charge in [0.1, 0.15) is 12.7 Å². The number of carbonyl (C=O) groups is 1. The molecular formula is C24H29F2NO5. The van der Waals surface area contributed by atoms with Gasteiger partial charge in [-0.3, -0.25) is 9.69 Å². The normalized spacial score (nSPS) is 12.2. The molecule has 0 aliphatic heterocycles. The summed E-state index contributed by atoms with van der Waals surface area (Å²) in [7, 11) is 2.80. The van der Waals surface area contributed by atoms with Crippen LogP contribution in [0.4, 0.5) is 8.78 Å². The fourth-order valence-electron chi connectivity index (χ4n) is 3.13. The van der Waals surface area contributed by atoms with Crippen molar-refractivity contribution in [1.82, 2.24) is 4.90 Å². The fraction of sp³-hybridized carbons (Fsp3) is 0.375. The lowest BCUT2D eigenvalue weighted by Gasteiger charge is -2.25. The van der Waals surface area contributed by atoms with E-state index in [1.54, 1.807) is 11.0 Å². The van der Waals surface area contributed by atoms with E-state index < -0.39 is 23.7 Å². The molecule has 8 heteroatoms. The van der Waals surface area contributed by atoms with Crippen LogP contribution in [0.1, 0.15) is 24.5 Å². The predicted molar refractivity (Wildman–Crippen MR) is 117 cm³/mol. The number of carbonyl (C=O) groups excluding carboxylic acids is 1. The van der Waals surface area contributed by atoms with Gasteiger partial charge in [-0.15, -0.1) is 0 Å². The van der Waals surface area contributed by atoms with Crippen LogP contribution in [0.2, 0.25) is 0 Å². The van der Waals surface area contributed by atoms with Crippen molar-refractivity contribution in [3.8, 4) is 11.5 Å². The molecule has 0 radical (unpaired) electrons. The second-order valence-corrected chi connectivity index (χ2v) is 7.15. The van der Waals surface area contributed by atoms with E-state index in [0.717, 1.165) is 11.6 Å². The molecule has 2 aromatic carbocycles. The summed E-state index contributed by atoms with van der Waals surface area (Å²) in [5.74, 6) is -1.35. The average molecular weight is 449 g/mol. The van der Waals surface area contributed by atoms with E-state index >= 15 is 0 Å². The fourth-order valence-corrected chi connectivity index (χ4v) is 3.13. The van der Waals surface area contributed by atoms with Crippen molar-refractivity contribution in [3.05, 3.63) is 65.2 Å². The monoisotopic (exact) mass is 449 g/mol. The molecule has 174 valence electrons. The molecule has 0 aromatic heterocycles. The van der Waals surface area contributed by atoms with Crippen molar-refractivity contribution >= 4 is 12.0 Å². The van der Waals surface area contributed by atoms with Crippen LogP contribution in [0.25, 0.3) is 6.08 Å². The molecule has 32 heavy (non-hydrogen) atoms. The molecule has 1 atom stereocenters. The molecule has 0 amide bonds. The Bertz CT molecular complexity index is 919. The highest BCUT2D eigenvalue weighted by atomic mass is 19.2. The molecule has 0 aliphatic rings. The highest BCUT2D eigenvalue weighted by Gasteiger charge is 2.18. The third kappa shape index (κ3) is 7.62. The molecule has 0 heterocycles. The maximum Gasteiger partial charge on any atom is 0.306 e. The maximum atomic E-state index is 14.1. The molecule has 6 nitrogen and oxygen atoms in total. The van der Waals surface area contributed by atoms with Crippen molar-refractivity contribution in [2.24, 2.45) is 0 Å². The SMILES string of the molecule is C/C=C/c1ccc(OCC(O)CN(CCC(=O)OC)Cc2cccc(F)c2F)c(OC)c1. The van der Waals surface area contributed by atoms with Crippen molar-refractivity contribution < 1.29 is 32.9 Å². The molecular weight excluding hydrogens is 420 g/mol. The quantitative estimate of drug-likeness (QED) is 0.497. The lowest BCUT2D eigenvalue weighted by molar-refractivity contribution is -0.141. The van der Waals surface area contributed by atoms with Crippen LogP contribution in [0.15, 0.2) is 42.5 Å². The number of allylic oxidation sites excluding steroid dienone is 1. The summed E-state index contributed by atoms with van der Waals surface area (Å²) in [6.45, 7) is 2.14. The smallest absolute Gasteiger partial charge is 0.306 e. The van der Waals surface area contributed by atoms with E-state index in [2.05, 4.69) is 4.74 Å². The highest BCUT2D eigenvalue weighted by Crippen LogP contribution is 2.28. The Balaban J connectivity index is 2.04. The van der Waals surface area contributed by atoms with E-state index in [1.807, 2.05) is 31.2 Å². The van der Waals surface area contributed by atoms with Gasteiger partial charge in [0, 0.05) is 25.2 Å². The van der Waals surface area contributed by atoms with E-state index in [-0.39, 0.29) is 38.2 Å². The Kier molecular flexibility index (Phi) is 10.1. The largest absolute Gasteiger partial charge is 0.493 e. The number of hydrogen-bond acceptors (Lipinski definition) is 6. The van der Waals surface area contributed by atoms with E-state index in [0.29, 0.717) is 11.5 Å². The second kappa shape index (κ2) is 12.8. The molecule has 2 aromatic rings. The summed E-state index contributed by atoms with van der Waals surface area (Å²) in [5, 5.41) is 10.5. The first kappa shape index (κ1) is 25.3. The molecule has 0 saturated carbocycles. The molecule has 2 rings (SSSR count). The Morgan fingerprint density at radius 1 is 1.19 bits per heavy atom. The standard InChI is InChI=1S/C24H29F2NO5/c1-4-6-17-9-10-21(22(13-17)30-2)32-16-19(28)15-27(12-11-23(29)31-3)14-18-7-5-8-20(25)24(18)26/h4-10,13,19,28H,11-12,14-16H2,1-3H3/b6-4+. The number of esters is 1. The van der Waals surface area contributed by atoms with E-state index in [4.69, 9.17) is 9.47 Å². The summed E-state index contributed by atoms with van der Waals surface area (Å²) in [5.41, 5.74) is 1.08. The minimum Gasteiger partial charge on any atom is -0.493 e. The van der Waals surface area contributed by atoms with Gasteiger partial charge < -0.3 is 19.3 Å². The first-order valence-electron chi connectivity index (χ1n) is 10.2. The first-order chi connectivity index (χ1) is 15.4. The second-order valence-electron chi connectivity index (χ2n) is 7.15. The van der Waals surface area contributed by atoms with Crippen molar-refractivity contribution in [1.29, 1.82) is 0 Å². The van der Waals surface area contributed by atoms with Gasteiger partial charge in [-0.1, -0.05) is 30.4 Å². The Labute approximate surface area is 187 Å². The van der Waals surface area contributed by atoms with Gasteiger partial charge in [0.05, 0.1) is 20.6 Å². The summed E-state index contributed by atoms with van der Waals surface area (Å²) in [4.78, 5) is 13.2. The summed E-state index contributed by atoms with van der Waals surface area (Å²) >= 11 is 0. The van der Waals surface area contributed by atoms with Gasteiger partial charge in [-0.25, -0.2) is 8.78 Å². The van der Waals surface area contributed by atoms with E-state index in [1.165, 1.54) is 26.4 Å². The minimum absolute atomic E-state index is 0.0129. The topological polar surface area (TPSA) is 68.2 Å². The summed E-state index contributed by atoms with van der Waals surface area (Å²) < 4.78 is 43.4. The highest BCUT2D eigenvalue weighted by molar-refractivity contribution is 5.69. The zero-order valence-electron chi connectivity index (χ0n) is 18.5. The first-order valence-corrected chi connectivity index (χ1v) is 10.2. The summed E-state index contributed by atoms with van der Waals surface area (Å²) in [6.07, 6.45) is 2.92.